The number of allylic oxidation sites excluding steroid dienone is 6. The third kappa shape index (κ3) is 45.4. The van der Waals surface area contributed by atoms with Gasteiger partial charge in [0.05, 0.1) is 0 Å². The summed E-state index contributed by atoms with van der Waals surface area (Å²) in [7, 11) is 0. The molecule has 0 nitrogen and oxygen atoms in total. The van der Waals surface area contributed by atoms with Crippen LogP contribution in [-0.2, 0) is 0 Å². The first-order valence-electron chi connectivity index (χ1n) is 8.87. The zero-order valence-corrected chi connectivity index (χ0v) is 17.4. The zero-order valence-electron chi connectivity index (χ0n) is 17.4. The molecule has 21 heavy (non-hydrogen) atoms. The Balaban J connectivity index is -0.0000000474. The topological polar surface area (TPSA) is 0 Å². The predicted molar refractivity (Wildman–Crippen MR) is 109 cm³/mol. The number of rotatable bonds is 4. The van der Waals surface area contributed by atoms with Crippen LogP contribution >= 0.6 is 0 Å². The normalized spacial score (nSPS) is 8.19. The Morgan fingerprint density at radius 3 is 1.29 bits per heavy atom. The molecule has 130 valence electrons. The van der Waals surface area contributed by atoms with E-state index in [0.717, 1.165) is 6.42 Å². The van der Waals surface area contributed by atoms with Gasteiger partial charge in [0, 0.05) is 0 Å². The van der Waals surface area contributed by atoms with Crippen LogP contribution in [0.25, 0.3) is 0 Å². The molecule has 0 saturated heterocycles. The van der Waals surface area contributed by atoms with Crippen LogP contribution in [0, 0.1) is 0 Å². The van der Waals surface area contributed by atoms with Gasteiger partial charge in [0.2, 0.25) is 0 Å². The van der Waals surface area contributed by atoms with Crippen LogP contribution in [0.15, 0.2) is 48.6 Å². The van der Waals surface area contributed by atoms with Gasteiger partial charge in [-0.2, -0.15) is 0 Å². The van der Waals surface area contributed by atoms with Gasteiger partial charge in [-0.05, 0) is 24.5 Å². The van der Waals surface area contributed by atoms with Crippen LogP contribution in [0.1, 0.15) is 89.5 Å². The molecule has 0 atom stereocenters. The minimum absolute atomic E-state index is 1.04. The first kappa shape index (κ1) is 36.8. The van der Waals surface area contributed by atoms with Crippen molar-refractivity contribution in [2.45, 2.75) is 89.5 Å². The lowest BCUT2D eigenvalue weighted by molar-refractivity contribution is 1.12. The summed E-state index contributed by atoms with van der Waals surface area (Å²) in [4.78, 5) is 0. The molecule has 0 spiro atoms. The molecule has 0 aromatic carbocycles. The summed E-state index contributed by atoms with van der Waals surface area (Å²) in [5, 5.41) is 0. The second kappa shape index (κ2) is 61.6. The highest BCUT2D eigenvalue weighted by molar-refractivity contribution is 5.31. The van der Waals surface area contributed by atoms with Crippen LogP contribution in [0.4, 0.5) is 0 Å². The fraction of sp³-hybridized carbons (Fsp3) is 0.619. The van der Waals surface area contributed by atoms with Crippen molar-refractivity contribution < 1.29 is 0 Å². The maximum absolute atomic E-state index is 3.72. The first-order valence-corrected chi connectivity index (χ1v) is 8.87. The standard InChI is InChI=1S/C11H16.5C2H6/c1-5-8-9-11(7-3)10(4)6-2;5*1-2/h5-6,8-9H,1-2,7H2,3-4H3;5*1-2H3/b9-8-,11-10+;;;;;. The lowest BCUT2D eigenvalue weighted by atomic mass is 10.1. The zero-order chi connectivity index (χ0) is 18.7. The van der Waals surface area contributed by atoms with Crippen molar-refractivity contribution in [1.82, 2.24) is 0 Å². The predicted octanol–water partition coefficient (Wildman–Crippen LogP) is 8.77. The van der Waals surface area contributed by atoms with Gasteiger partial charge >= 0.3 is 0 Å². The van der Waals surface area contributed by atoms with E-state index >= 15 is 0 Å². The van der Waals surface area contributed by atoms with Crippen molar-refractivity contribution in [2.24, 2.45) is 0 Å². The smallest absolute Gasteiger partial charge is 0.0305 e. The van der Waals surface area contributed by atoms with Gasteiger partial charge in [0.15, 0.2) is 0 Å². The molecule has 0 aromatic heterocycles. The maximum atomic E-state index is 3.72. The first-order chi connectivity index (χ1) is 10.3. The lowest BCUT2D eigenvalue weighted by Gasteiger charge is -1.99. The third-order valence-electron chi connectivity index (χ3n) is 1.63. The van der Waals surface area contributed by atoms with Crippen LogP contribution < -0.4 is 0 Å². The minimum atomic E-state index is 1.04. The van der Waals surface area contributed by atoms with Crippen LogP contribution in [-0.4, -0.2) is 0 Å². The molecule has 0 aliphatic rings. The Morgan fingerprint density at radius 2 is 1.10 bits per heavy atom. The summed E-state index contributed by atoms with van der Waals surface area (Å²) >= 11 is 0. The molecule has 0 amide bonds. The largest absolute Gasteiger partial charge is 0.0991 e. The van der Waals surface area contributed by atoms with Crippen LogP contribution in [0.2, 0.25) is 0 Å². The minimum Gasteiger partial charge on any atom is -0.0991 e. The highest BCUT2D eigenvalue weighted by atomic mass is 14.0. The van der Waals surface area contributed by atoms with Gasteiger partial charge in [-0.1, -0.05) is 114 Å². The number of hydrogen-bond donors (Lipinski definition) is 0. The summed E-state index contributed by atoms with van der Waals surface area (Å²) in [5.41, 5.74) is 2.56. The lowest BCUT2D eigenvalue weighted by Crippen LogP contribution is -1.79. The Hall–Kier alpha value is -1.04. The average Bonchev–Trinajstić information content (AvgIpc) is 2.64. The van der Waals surface area contributed by atoms with Gasteiger partial charge in [-0.25, -0.2) is 0 Å². The molecule has 0 saturated carbocycles. The summed E-state index contributed by atoms with van der Waals surface area (Å²) < 4.78 is 0. The van der Waals surface area contributed by atoms with E-state index in [0.29, 0.717) is 0 Å². The quantitative estimate of drug-likeness (QED) is 0.455. The highest BCUT2D eigenvalue weighted by Crippen LogP contribution is 2.10. The molecule has 0 unspecified atom stereocenters. The summed E-state index contributed by atoms with van der Waals surface area (Å²) in [6.07, 6.45) is 8.73. The monoisotopic (exact) mass is 298 g/mol. The van der Waals surface area contributed by atoms with Gasteiger partial charge in [-0.15, -0.1) is 0 Å². The maximum Gasteiger partial charge on any atom is -0.0305 e. The van der Waals surface area contributed by atoms with Crippen molar-refractivity contribution in [2.75, 3.05) is 0 Å². The second-order valence-electron chi connectivity index (χ2n) is 2.36. The molecular weight excluding hydrogens is 252 g/mol. The van der Waals surface area contributed by atoms with E-state index in [9.17, 15) is 0 Å². The Labute approximate surface area is 138 Å². The Kier molecular flexibility index (Phi) is 108. The molecule has 0 N–H and O–H groups in total. The van der Waals surface area contributed by atoms with Crippen LogP contribution in [0.3, 0.4) is 0 Å². The number of hydrogen-bond acceptors (Lipinski definition) is 0. The molecule has 0 heterocycles. The van der Waals surface area contributed by atoms with Crippen LogP contribution in [0.5, 0.6) is 0 Å². The van der Waals surface area contributed by atoms with E-state index in [1.807, 2.05) is 81.4 Å². The van der Waals surface area contributed by atoms with Crippen molar-refractivity contribution >= 4 is 0 Å². The summed E-state index contributed by atoms with van der Waals surface area (Å²) in [5.74, 6) is 0. The molecule has 0 fully saturated rings. The van der Waals surface area contributed by atoms with Gasteiger partial charge in [0.25, 0.3) is 0 Å². The van der Waals surface area contributed by atoms with E-state index in [1.54, 1.807) is 6.08 Å². The van der Waals surface area contributed by atoms with Gasteiger partial charge in [0.1, 0.15) is 0 Å². The fourth-order valence-corrected chi connectivity index (χ4v) is 0.843. The average molecular weight is 299 g/mol. The van der Waals surface area contributed by atoms with Crippen molar-refractivity contribution in [3.8, 4) is 0 Å². The molecular formula is C21H46. The Morgan fingerprint density at radius 1 is 0.762 bits per heavy atom. The van der Waals surface area contributed by atoms with E-state index in [1.165, 1.54) is 11.1 Å². The highest BCUT2D eigenvalue weighted by Gasteiger charge is 1.90. The summed E-state index contributed by atoms with van der Waals surface area (Å²) in [6.45, 7) is 31.5. The van der Waals surface area contributed by atoms with E-state index in [-0.39, 0.29) is 0 Å². The Bertz CT molecular complexity index is 192. The van der Waals surface area contributed by atoms with E-state index in [2.05, 4.69) is 33.1 Å². The van der Waals surface area contributed by atoms with E-state index < -0.39 is 0 Å². The molecule has 0 aliphatic heterocycles. The molecule has 0 heteroatoms. The van der Waals surface area contributed by atoms with Crippen molar-refractivity contribution in [3.63, 3.8) is 0 Å². The van der Waals surface area contributed by atoms with Gasteiger partial charge in [-0.3, -0.25) is 0 Å². The molecule has 0 aromatic rings. The van der Waals surface area contributed by atoms with Crippen molar-refractivity contribution in [1.29, 1.82) is 0 Å². The SMILES string of the molecule is C=C/C=C\C(CC)=C(/C)C=C.CC.CC.CC.CC.CC. The van der Waals surface area contributed by atoms with Crippen molar-refractivity contribution in [3.05, 3.63) is 48.6 Å². The van der Waals surface area contributed by atoms with Gasteiger partial charge < -0.3 is 0 Å². The molecule has 0 radical (unpaired) electrons. The fourth-order valence-electron chi connectivity index (χ4n) is 0.843. The molecule has 0 bridgehead atoms. The second-order valence-corrected chi connectivity index (χ2v) is 2.36. The summed E-state index contributed by atoms with van der Waals surface area (Å²) in [6, 6.07) is 0. The molecule has 0 aliphatic carbocycles. The molecule has 0 rings (SSSR count). The third-order valence-corrected chi connectivity index (χ3v) is 1.63. The van der Waals surface area contributed by atoms with E-state index in [4.69, 9.17) is 0 Å².